The number of carbonyl (C=O) groups excluding carboxylic acids is 2. The molecule has 6 heteroatoms. The van der Waals surface area contributed by atoms with Gasteiger partial charge in [-0.1, -0.05) is 0 Å². The molecule has 0 bridgehead atoms. The zero-order valence-corrected chi connectivity index (χ0v) is 10.6. The van der Waals surface area contributed by atoms with E-state index < -0.39 is 18.5 Å². The zero-order chi connectivity index (χ0) is 14.0. The molecule has 0 atom stereocenters. The summed E-state index contributed by atoms with van der Waals surface area (Å²) in [7, 11) is 0. The van der Waals surface area contributed by atoms with Gasteiger partial charge in [0.25, 0.3) is 5.91 Å². The number of amides is 1. The van der Waals surface area contributed by atoms with E-state index in [0.717, 1.165) is 11.4 Å². The van der Waals surface area contributed by atoms with Crippen LogP contribution in [-0.4, -0.2) is 28.5 Å². The maximum atomic E-state index is 11.7. The van der Waals surface area contributed by atoms with Crippen LogP contribution < -0.4 is 5.73 Å². The maximum absolute atomic E-state index is 11.7. The Kier molecular flexibility index (Phi) is 3.41. The number of primary amides is 1. The van der Waals surface area contributed by atoms with Gasteiger partial charge in [0.15, 0.2) is 6.61 Å². The van der Waals surface area contributed by atoms with E-state index in [1.54, 1.807) is 18.2 Å². The van der Waals surface area contributed by atoms with Crippen LogP contribution in [-0.2, 0) is 9.53 Å². The number of aromatic nitrogens is 2. The molecule has 0 unspecified atom stereocenters. The Balaban J connectivity index is 2.33. The Bertz CT molecular complexity index is 667. The SMILES string of the molecule is Cc1nc2ccc(C(=O)OCC(N)=O)cc2nc1C. The molecule has 1 aromatic carbocycles. The average molecular weight is 259 g/mol. The minimum Gasteiger partial charge on any atom is -0.452 e. The lowest BCUT2D eigenvalue weighted by atomic mass is 10.2. The highest BCUT2D eigenvalue weighted by Crippen LogP contribution is 2.15. The fraction of sp³-hybridized carbons (Fsp3) is 0.231. The molecule has 6 nitrogen and oxygen atoms in total. The van der Waals surface area contributed by atoms with Crippen molar-refractivity contribution in [1.82, 2.24) is 9.97 Å². The highest BCUT2D eigenvalue weighted by Gasteiger charge is 2.10. The molecule has 2 aromatic rings. The van der Waals surface area contributed by atoms with Crippen LogP contribution in [0.15, 0.2) is 18.2 Å². The van der Waals surface area contributed by atoms with Gasteiger partial charge in [-0.25, -0.2) is 14.8 Å². The fourth-order valence-corrected chi connectivity index (χ4v) is 1.58. The number of hydrogen-bond donors (Lipinski definition) is 1. The molecule has 0 saturated heterocycles. The van der Waals surface area contributed by atoms with E-state index in [9.17, 15) is 9.59 Å². The number of ether oxygens (including phenoxy) is 1. The highest BCUT2D eigenvalue weighted by atomic mass is 16.5. The molecular formula is C13H13N3O3. The number of nitrogens with two attached hydrogens (primary N) is 1. The molecule has 0 aliphatic carbocycles. The van der Waals surface area contributed by atoms with Crippen LogP contribution in [0, 0.1) is 13.8 Å². The van der Waals surface area contributed by atoms with Crippen molar-refractivity contribution in [2.24, 2.45) is 5.73 Å². The third kappa shape index (κ3) is 2.85. The highest BCUT2D eigenvalue weighted by molar-refractivity contribution is 5.94. The Labute approximate surface area is 109 Å². The van der Waals surface area contributed by atoms with Crippen molar-refractivity contribution in [1.29, 1.82) is 0 Å². The maximum Gasteiger partial charge on any atom is 0.338 e. The number of aryl methyl sites for hydroxylation is 2. The van der Waals surface area contributed by atoms with Gasteiger partial charge in [0.1, 0.15) is 0 Å². The molecule has 1 aromatic heterocycles. The van der Waals surface area contributed by atoms with Crippen molar-refractivity contribution in [3.63, 3.8) is 0 Å². The summed E-state index contributed by atoms with van der Waals surface area (Å²) in [4.78, 5) is 30.9. The van der Waals surface area contributed by atoms with Crippen molar-refractivity contribution in [3.8, 4) is 0 Å². The van der Waals surface area contributed by atoms with Crippen molar-refractivity contribution in [2.75, 3.05) is 6.61 Å². The van der Waals surface area contributed by atoms with E-state index in [0.29, 0.717) is 16.6 Å². The normalized spacial score (nSPS) is 10.4. The van der Waals surface area contributed by atoms with Gasteiger partial charge >= 0.3 is 5.97 Å². The second-order valence-corrected chi connectivity index (χ2v) is 4.14. The first-order valence-corrected chi connectivity index (χ1v) is 5.68. The quantitative estimate of drug-likeness (QED) is 0.826. The molecule has 0 saturated carbocycles. The standard InChI is InChI=1S/C13H13N3O3/c1-7-8(2)16-11-5-9(3-4-10(11)15-7)13(18)19-6-12(14)17/h3-5H,6H2,1-2H3,(H2,14,17). The van der Waals surface area contributed by atoms with Crippen LogP contribution >= 0.6 is 0 Å². The van der Waals surface area contributed by atoms with Crippen molar-refractivity contribution < 1.29 is 14.3 Å². The first-order valence-electron chi connectivity index (χ1n) is 5.68. The number of benzene rings is 1. The lowest BCUT2D eigenvalue weighted by Gasteiger charge is -2.05. The number of nitrogens with zero attached hydrogens (tertiary/aromatic N) is 2. The predicted molar refractivity (Wildman–Crippen MR) is 68.5 cm³/mol. The number of fused-ring (bicyclic) bond motifs is 1. The molecule has 2 rings (SSSR count). The molecule has 0 radical (unpaired) electrons. The van der Waals surface area contributed by atoms with Gasteiger partial charge in [0, 0.05) is 0 Å². The van der Waals surface area contributed by atoms with Crippen LogP contribution in [0.3, 0.4) is 0 Å². The van der Waals surface area contributed by atoms with E-state index in [2.05, 4.69) is 9.97 Å². The molecule has 98 valence electrons. The molecule has 0 aliphatic heterocycles. The summed E-state index contributed by atoms with van der Waals surface area (Å²) in [5.74, 6) is -1.30. The average Bonchev–Trinajstić information content (AvgIpc) is 2.36. The van der Waals surface area contributed by atoms with Crippen LogP contribution in [0.2, 0.25) is 0 Å². The second kappa shape index (κ2) is 5.01. The molecule has 0 aliphatic rings. The van der Waals surface area contributed by atoms with Crippen molar-refractivity contribution >= 4 is 22.9 Å². The monoisotopic (exact) mass is 259 g/mol. The van der Waals surface area contributed by atoms with E-state index in [4.69, 9.17) is 10.5 Å². The topological polar surface area (TPSA) is 95.2 Å². The van der Waals surface area contributed by atoms with Crippen LogP contribution in [0.4, 0.5) is 0 Å². The zero-order valence-electron chi connectivity index (χ0n) is 10.6. The number of hydrogen-bond acceptors (Lipinski definition) is 5. The Morgan fingerprint density at radius 1 is 1.16 bits per heavy atom. The molecule has 0 spiro atoms. The minimum atomic E-state index is -0.694. The Morgan fingerprint density at radius 2 is 1.79 bits per heavy atom. The van der Waals surface area contributed by atoms with Gasteiger partial charge in [-0.15, -0.1) is 0 Å². The summed E-state index contributed by atoms with van der Waals surface area (Å²) < 4.78 is 4.73. The van der Waals surface area contributed by atoms with Gasteiger partial charge in [-0.05, 0) is 32.0 Å². The van der Waals surface area contributed by atoms with E-state index in [1.807, 2.05) is 13.8 Å². The van der Waals surface area contributed by atoms with E-state index in [1.165, 1.54) is 0 Å². The molecule has 1 amide bonds. The van der Waals surface area contributed by atoms with Gasteiger partial charge in [-0.2, -0.15) is 0 Å². The smallest absolute Gasteiger partial charge is 0.338 e. The molecule has 19 heavy (non-hydrogen) atoms. The lowest BCUT2D eigenvalue weighted by molar-refractivity contribution is -0.121. The molecule has 2 N–H and O–H groups in total. The molecule has 1 heterocycles. The summed E-state index contributed by atoms with van der Waals surface area (Å²) in [5, 5.41) is 0. The predicted octanol–water partition coefficient (Wildman–Crippen LogP) is 0.889. The minimum absolute atomic E-state index is 0.311. The number of carbonyl (C=O) groups is 2. The molecule has 0 fully saturated rings. The van der Waals surface area contributed by atoms with Crippen LogP contribution in [0.5, 0.6) is 0 Å². The van der Waals surface area contributed by atoms with Crippen LogP contribution in [0.1, 0.15) is 21.7 Å². The first-order chi connectivity index (χ1) is 8.97. The summed E-state index contributed by atoms with van der Waals surface area (Å²) in [5.41, 5.74) is 8.18. The fourth-order valence-electron chi connectivity index (χ4n) is 1.58. The lowest BCUT2D eigenvalue weighted by Crippen LogP contribution is -2.20. The summed E-state index contributed by atoms with van der Waals surface area (Å²) in [6.45, 7) is 3.28. The number of rotatable bonds is 3. The summed E-state index contributed by atoms with van der Waals surface area (Å²) in [6, 6.07) is 4.85. The second-order valence-electron chi connectivity index (χ2n) is 4.14. The number of esters is 1. The first kappa shape index (κ1) is 12.9. The van der Waals surface area contributed by atoms with Gasteiger partial charge in [0.2, 0.25) is 0 Å². The third-order valence-corrected chi connectivity index (χ3v) is 2.66. The third-order valence-electron chi connectivity index (χ3n) is 2.66. The summed E-state index contributed by atoms with van der Waals surface area (Å²) >= 11 is 0. The van der Waals surface area contributed by atoms with Gasteiger partial charge < -0.3 is 10.5 Å². The van der Waals surface area contributed by atoms with Crippen molar-refractivity contribution in [2.45, 2.75) is 13.8 Å². The van der Waals surface area contributed by atoms with E-state index in [-0.39, 0.29) is 0 Å². The summed E-state index contributed by atoms with van der Waals surface area (Å²) in [6.07, 6.45) is 0. The Morgan fingerprint density at radius 3 is 2.42 bits per heavy atom. The van der Waals surface area contributed by atoms with Gasteiger partial charge in [0.05, 0.1) is 28.0 Å². The van der Waals surface area contributed by atoms with E-state index >= 15 is 0 Å². The largest absolute Gasteiger partial charge is 0.452 e. The molecular weight excluding hydrogens is 246 g/mol. The van der Waals surface area contributed by atoms with Crippen LogP contribution in [0.25, 0.3) is 11.0 Å². The van der Waals surface area contributed by atoms with Gasteiger partial charge in [-0.3, -0.25) is 4.79 Å². The Hall–Kier alpha value is -2.50. The van der Waals surface area contributed by atoms with Crippen molar-refractivity contribution in [3.05, 3.63) is 35.2 Å².